The Morgan fingerprint density at radius 1 is 1.33 bits per heavy atom. The summed E-state index contributed by atoms with van der Waals surface area (Å²) in [5.74, 6) is -0.381. The van der Waals surface area contributed by atoms with Crippen LogP contribution in [0.5, 0.6) is 0 Å². The number of halogens is 2. The second-order valence-electron chi connectivity index (χ2n) is 5.05. The highest BCUT2D eigenvalue weighted by Crippen LogP contribution is 2.29. The van der Waals surface area contributed by atoms with Gasteiger partial charge in [0.05, 0.1) is 13.2 Å². The lowest BCUT2D eigenvalue weighted by molar-refractivity contribution is -0.135. The zero-order valence-electron chi connectivity index (χ0n) is 10.6. The highest BCUT2D eigenvalue weighted by Gasteiger charge is 2.32. The maximum Gasteiger partial charge on any atom is 0.255 e. The summed E-state index contributed by atoms with van der Waals surface area (Å²) in [6.07, 6.45) is 2.13. The standard InChI is InChI=1S/C12H22F2N2O2/c13-10(14)9-16(6-7-17)11(18)8-12(15)4-2-1-3-5-12/h10,17H,1-9,15H2. The number of rotatable bonds is 6. The first-order chi connectivity index (χ1) is 8.47. The molecule has 0 unspecified atom stereocenters. The van der Waals surface area contributed by atoms with Crippen LogP contribution in [0.4, 0.5) is 8.78 Å². The second kappa shape index (κ2) is 6.99. The third-order valence-corrected chi connectivity index (χ3v) is 3.43. The minimum Gasteiger partial charge on any atom is -0.395 e. The number of aliphatic hydroxyl groups excluding tert-OH is 1. The summed E-state index contributed by atoms with van der Waals surface area (Å²) in [5, 5.41) is 8.80. The van der Waals surface area contributed by atoms with Crippen molar-refractivity contribution in [2.75, 3.05) is 19.7 Å². The van der Waals surface area contributed by atoms with Crippen LogP contribution in [-0.4, -0.2) is 47.6 Å². The van der Waals surface area contributed by atoms with Crippen molar-refractivity contribution in [3.63, 3.8) is 0 Å². The second-order valence-corrected chi connectivity index (χ2v) is 5.05. The Labute approximate surface area is 106 Å². The molecule has 3 N–H and O–H groups in total. The third kappa shape index (κ3) is 4.86. The predicted octanol–water partition coefficient (Wildman–Crippen LogP) is 1.12. The number of nitrogens with zero attached hydrogens (tertiary/aromatic N) is 1. The molecule has 0 aromatic heterocycles. The summed E-state index contributed by atoms with van der Waals surface area (Å²) in [7, 11) is 0. The van der Waals surface area contributed by atoms with Crippen LogP contribution in [0.15, 0.2) is 0 Å². The van der Waals surface area contributed by atoms with Crippen molar-refractivity contribution in [1.82, 2.24) is 4.90 Å². The molecule has 0 bridgehead atoms. The number of amides is 1. The molecule has 1 aliphatic carbocycles. The number of carbonyl (C=O) groups excluding carboxylic acids is 1. The molecule has 18 heavy (non-hydrogen) atoms. The lowest BCUT2D eigenvalue weighted by atomic mass is 9.80. The van der Waals surface area contributed by atoms with E-state index in [2.05, 4.69) is 0 Å². The topological polar surface area (TPSA) is 66.6 Å². The van der Waals surface area contributed by atoms with Gasteiger partial charge in [-0.25, -0.2) is 8.78 Å². The van der Waals surface area contributed by atoms with Gasteiger partial charge in [0, 0.05) is 18.5 Å². The zero-order chi connectivity index (χ0) is 13.6. The molecule has 6 heteroatoms. The van der Waals surface area contributed by atoms with Gasteiger partial charge < -0.3 is 15.7 Å². The molecule has 0 aromatic carbocycles. The third-order valence-electron chi connectivity index (χ3n) is 3.43. The summed E-state index contributed by atoms with van der Waals surface area (Å²) in [6.45, 7) is -0.995. The molecule has 1 fully saturated rings. The van der Waals surface area contributed by atoms with Crippen LogP contribution in [0.1, 0.15) is 38.5 Å². The molecule has 0 saturated heterocycles. The average molecular weight is 264 g/mol. The van der Waals surface area contributed by atoms with E-state index < -0.39 is 18.5 Å². The Bertz CT molecular complexity index is 269. The molecular weight excluding hydrogens is 242 g/mol. The van der Waals surface area contributed by atoms with Crippen LogP contribution >= 0.6 is 0 Å². The highest BCUT2D eigenvalue weighted by molar-refractivity contribution is 5.77. The molecule has 1 aliphatic rings. The van der Waals surface area contributed by atoms with Gasteiger partial charge in [0.25, 0.3) is 6.43 Å². The van der Waals surface area contributed by atoms with Gasteiger partial charge >= 0.3 is 0 Å². The Hall–Kier alpha value is -0.750. The van der Waals surface area contributed by atoms with Gasteiger partial charge in [0.2, 0.25) is 5.91 Å². The summed E-state index contributed by atoms with van der Waals surface area (Å²) >= 11 is 0. The maximum atomic E-state index is 12.3. The average Bonchev–Trinajstić information content (AvgIpc) is 2.28. The monoisotopic (exact) mass is 264 g/mol. The summed E-state index contributed by atoms with van der Waals surface area (Å²) in [5.41, 5.74) is 5.58. The van der Waals surface area contributed by atoms with Crippen LogP contribution in [0.25, 0.3) is 0 Å². The molecule has 0 heterocycles. The molecular formula is C12H22F2N2O2. The Morgan fingerprint density at radius 2 is 1.94 bits per heavy atom. The van der Waals surface area contributed by atoms with E-state index in [0.29, 0.717) is 0 Å². The fraction of sp³-hybridized carbons (Fsp3) is 0.917. The van der Waals surface area contributed by atoms with Gasteiger partial charge in [-0.3, -0.25) is 4.79 Å². The Balaban J connectivity index is 2.53. The van der Waals surface area contributed by atoms with E-state index in [1.54, 1.807) is 0 Å². The lowest BCUT2D eigenvalue weighted by Crippen LogP contribution is -2.48. The van der Waals surface area contributed by atoms with E-state index in [-0.39, 0.29) is 25.5 Å². The molecule has 0 atom stereocenters. The van der Waals surface area contributed by atoms with E-state index >= 15 is 0 Å². The summed E-state index contributed by atoms with van der Waals surface area (Å²) in [4.78, 5) is 13.0. The summed E-state index contributed by atoms with van der Waals surface area (Å²) < 4.78 is 24.7. The van der Waals surface area contributed by atoms with E-state index in [1.807, 2.05) is 0 Å². The van der Waals surface area contributed by atoms with E-state index in [9.17, 15) is 13.6 Å². The first kappa shape index (κ1) is 15.3. The van der Waals surface area contributed by atoms with Crippen molar-refractivity contribution < 1.29 is 18.7 Å². The van der Waals surface area contributed by atoms with Crippen LogP contribution in [0.2, 0.25) is 0 Å². The first-order valence-corrected chi connectivity index (χ1v) is 6.42. The molecule has 0 spiro atoms. The predicted molar refractivity (Wildman–Crippen MR) is 64.3 cm³/mol. The molecule has 0 aliphatic heterocycles. The summed E-state index contributed by atoms with van der Waals surface area (Å²) in [6, 6.07) is 0. The van der Waals surface area contributed by atoms with Gasteiger partial charge in [-0.05, 0) is 12.8 Å². The number of carbonyl (C=O) groups is 1. The van der Waals surface area contributed by atoms with E-state index in [1.165, 1.54) is 0 Å². The Kier molecular flexibility index (Phi) is 5.95. The SMILES string of the molecule is NC1(CC(=O)N(CCO)CC(F)F)CCCCC1. The van der Waals surface area contributed by atoms with Crippen LogP contribution in [0, 0.1) is 0 Å². The van der Waals surface area contributed by atoms with E-state index in [4.69, 9.17) is 10.8 Å². The van der Waals surface area contributed by atoms with Gasteiger partial charge in [0.15, 0.2) is 0 Å². The first-order valence-electron chi connectivity index (χ1n) is 6.42. The van der Waals surface area contributed by atoms with Crippen molar-refractivity contribution in [2.24, 2.45) is 5.73 Å². The van der Waals surface area contributed by atoms with Crippen LogP contribution in [-0.2, 0) is 4.79 Å². The largest absolute Gasteiger partial charge is 0.395 e. The lowest BCUT2D eigenvalue weighted by Gasteiger charge is -2.34. The van der Waals surface area contributed by atoms with Gasteiger partial charge in [0.1, 0.15) is 0 Å². The molecule has 1 rings (SSSR count). The molecule has 1 amide bonds. The van der Waals surface area contributed by atoms with Crippen LogP contribution in [0.3, 0.4) is 0 Å². The number of aliphatic hydroxyl groups is 1. The van der Waals surface area contributed by atoms with Gasteiger partial charge in [-0.15, -0.1) is 0 Å². The molecule has 4 nitrogen and oxygen atoms in total. The molecule has 1 saturated carbocycles. The van der Waals surface area contributed by atoms with Crippen LogP contribution < -0.4 is 5.73 Å². The fourth-order valence-electron chi connectivity index (χ4n) is 2.45. The number of hydrogen-bond acceptors (Lipinski definition) is 3. The van der Waals surface area contributed by atoms with E-state index in [0.717, 1.165) is 37.0 Å². The molecule has 0 radical (unpaired) electrons. The highest BCUT2D eigenvalue weighted by atomic mass is 19.3. The number of nitrogens with two attached hydrogens (primary N) is 1. The normalized spacial score (nSPS) is 18.9. The minimum atomic E-state index is -2.58. The van der Waals surface area contributed by atoms with Gasteiger partial charge in [-0.2, -0.15) is 0 Å². The Morgan fingerprint density at radius 3 is 2.44 bits per heavy atom. The number of hydrogen-bond donors (Lipinski definition) is 2. The van der Waals surface area contributed by atoms with Crippen molar-refractivity contribution in [1.29, 1.82) is 0 Å². The van der Waals surface area contributed by atoms with Crippen molar-refractivity contribution in [3.8, 4) is 0 Å². The van der Waals surface area contributed by atoms with Crippen molar-refractivity contribution in [3.05, 3.63) is 0 Å². The van der Waals surface area contributed by atoms with Crippen molar-refractivity contribution in [2.45, 2.75) is 50.5 Å². The quantitative estimate of drug-likeness (QED) is 0.755. The number of alkyl halides is 2. The maximum absolute atomic E-state index is 12.3. The minimum absolute atomic E-state index is 0.0563. The fourth-order valence-corrected chi connectivity index (χ4v) is 2.45. The van der Waals surface area contributed by atoms with Gasteiger partial charge in [-0.1, -0.05) is 19.3 Å². The van der Waals surface area contributed by atoms with Crippen molar-refractivity contribution >= 4 is 5.91 Å². The molecule has 106 valence electrons. The smallest absolute Gasteiger partial charge is 0.255 e. The zero-order valence-corrected chi connectivity index (χ0v) is 10.6. The molecule has 0 aromatic rings.